The summed E-state index contributed by atoms with van der Waals surface area (Å²) >= 11 is 0. The van der Waals surface area contributed by atoms with Gasteiger partial charge in [0.2, 0.25) is 0 Å². The summed E-state index contributed by atoms with van der Waals surface area (Å²) in [6.07, 6.45) is 13.7. The first kappa shape index (κ1) is 29.2. The third kappa shape index (κ3) is 9.16. The second-order valence-corrected chi connectivity index (χ2v) is 10.1. The third-order valence-corrected chi connectivity index (χ3v) is 7.04. The maximum absolute atomic E-state index is 12.6. The highest BCUT2D eigenvalue weighted by atomic mass is 16.5. The van der Waals surface area contributed by atoms with Crippen molar-refractivity contribution in [3.63, 3.8) is 0 Å². The fourth-order valence-electron chi connectivity index (χ4n) is 4.73. The van der Waals surface area contributed by atoms with Crippen LogP contribution in [0.2, 0.25) is 0 Å². The molecule has 0 aliphatic rings. The highest BCUT2D eigenvalue weighted by Gasteiger charge is 2.13. The molecule has 0 aliphatic heterocycles. The molecule has 0 fully saturated rings. The largest absolute Gasteiger partial charge is 0.478 e. The molecule has 4 nitrogen and oxygen atoms in total. The Bertz CT molecular complexity index is 1150. The molecule has 0 radical (unpaired) electrons. The lowest BCUT2D eigenvalue weighted by Crippen LogP contribution is -2.08. The predicted octanol–water partition coefficient (Wildman–Crippen LogP) is 9.30. The Morgan fingerprint density at radius 3 is 1.89 bits per heavy atom. The molecule has 0 bridgehead atoms. The number of aromatic carboxylic acids is 1. The average Bonchev–Trinajstić information content (AvgIpc) is 2.93. The van der Waals surface area contributed by atoms with E-state index in [1.807, 2.05) is 48.5 Å². The van der Waals surface area contributed by atoms with E-state index in [1.54, 1.807) is 18.2 Å². The molecule has 38 heavy (non-hydrogen) atoms. The molecule has 0 heterocycles. The summed E-state index contributed by atoms with van der Waals surface area (Å²) in [5.41, 5.74) is 4.94. The number of ether oxygens (including phenoxy) is 1. The van der Waals surface area contributed by atoms with Gasteiger partial charge in [0.15, 0.2) is 0 Å². The first-order valence-corrected chi connectivity index (χ1v) is 14.3. The number of hydrogen-bond acceptors (Lipinski definition) is 3. The summed E-state index contributed by atoms with van der Waals surface area (Å²) in [5, 5.41) is 9.64. The Kier molecular flexibility index (Phi) is 12.1. The van der Waals surface area contributed by atoms with Gasteiger partial charge < -0.3 is 9.84 Å². The van der Waals surface area contributed by atoms with E-state index in [1.165, 1.54) is 56.9 Å². The van der Waals surface area contributed by atoms with Crippen LogP contribution in [0.1, 0.15) is 110 Å². The summed E-state index contributed by atoms with van der Waals surface area (Å²) in [6, 6.07) is 20.6. The summed E-state index contributed by atoms with van der Waals surface area (Å²) < 4.78 is 5.60. The van der Waals surface area contributed by atoms with Gasteiger partial charge in [-0.15, -0.1) is 0 Å². The van der Waals surface area contributed by atoms with Gasteiger partial charge in [-0.3, -0.25) is 0 Å². The van der Waals surface area contributed by atoms with Crippen LogP contribution in [0.25, 0.3) is 11.1 Å². The van der Waals surface area contributed by atoms with E-state index in [0.717, 1.165) is 42.4 Å². The number of rotatable bonds is 16. The average molecular weight is 515 g/mol. The summed E-state index contributed by atoms with van der Waals surface area (Å²) in [6.45, 7) is 4.41. The maximum atomic E-state index is 12.6. The quantitative estimate of drug-likeness (QED) is 0.117. The monoisotopic (exact) mass is 514 g/mol. The van der Waals surface area contributed by atoms with Gasteiger partial charge in [-0.05, 0) is 78.3 Å². The molecule has 0 aliphatic carbocycles. The highest BCUT2D eigenvalue weighted by Crippen LogP contribution is 2.27. The fraction of sp³-hybridized carbons (Fsp3) is 0.412. The highest BCUT2D eigenvalue weighted by molar-refractivity contribution is 5.91. The molecule has 3 rings (SSSR count). The minimum absolute atomic E-state index is 0.373. The van der Waals surface area contributed by atoms with Gasteiger partial charge in [-0.2, -0.15) is 0 Å². The number of carbonyl (C=O) groups is 2. The number of carbonyl (C=O) groups excluding carboxylic acids is 1. The maximum Gasteiger partial charge on any atom is 0.343 e. The van der Waals surface area contributed by atoms with Crippen molar-refractivity contribution < 1.29 is 19.4 Å². The molecule has 1 N–H and O–H groups in total. The standard InChI is InChI=1S/C34H42O4/c1-3-5-7-9-10-12-14-30-25-29(21-24-32(30)33(35)36)27-19-22-31(23-20-27)38-34(37)28-17-15-26(16-18-28)13-11-8-6-4-2/h15-25H,3-14H2,1-2H3,(H,35,36). The van der Waals surface area contributed by atoms with Crippen molar-refractivity contribution in [2.45, 2.75) is 90.9 Å². The van der Waals surface area contributed by atoms with Crippen LogP contribution in [0.5, 0.6) is 5.75 Å². The molecule has 0 unspecified atom stereocenters. The van der Waals surface area contributed by atoms with Gasteiger partial charge in [-0.25, -0.2) is 9.59 Å². The van der Waals surface area contributed by atoms with Crippen LogP contribution in [0.15, 0.2) is 66.7 Å². The molecular weight excluding hydrogens is 472 g/mol. The SMILES string of the molecule is CCCCCCCCc1cc(-c2ccc(OC(=O)c3ccc(CCCCCC)cc3)cc2)ccc1C(=O)O. The molecule has 0 saturated carbocycles. The number of benzene rings is 3. The number of aryl methyl sites for hydroxylation is 2. The fourth-order valence-corrected chi connectivity index (χ4v) is 4.73. The van der Waals surface area contributed by atoms with E-state index in [2.05, 4.69) is 13.8 Å². The smallest absolute Gasteiger partial charge is 0.343 e. The van der Waals surface area contributed by atoms with Crippen molar-refractivity contribution in [1.82, 2.24) is 0 Å². The molecule has 0 saturated heterocycles. The van der Waals surface area contributed by atoms with Crippen LogP contribution in [0.4, 0.5) is 0 Å². The van der Waals surface area contributed by atoms with Crippen molar-refractivity contribution in [3.8, 4) is 16.9 Å². The van der Waals surface area contributed by atoms with Crippen LogP contribution in [-0.4, -0.2) is 17.0 Å². The van der Waals surface area contributed by atoms with Gasteiger partial charge in [0.1, 0.15) is 5.75 Å². The van der Waals surface area contributed by atoms with Crippen molar-refractivity contribution in [3.05, 3.63) is 89.0 Å². The van der Waals surface area contributed by atoms with Gasteiger partial charge in [-0.1, -0.05) is 102 Å². The molecule has 3 aromatic carbocycles. The van der Waals surface area contributed by atoms with E-state index in [9.17, 15) is 14.7 Å². The Labute approximate surface area is 228 Å². The Hall–Kier alpha value is -3.40. The van der Waals surface area contributed by atoms with Gasteiger partial charge in [0.05, 0.1) is 11.1 Å². The zero-order valence-corrected chi connectivity index (χ0v) is 23.0. The molecule has 4 heteroatoms. The summed E-state index contributed by atoms with van der Waals surface area (Å²) in [4.78, 5) is 24.4. The molecule has 0 aromatic heterocycles. The number of unbranched alkanes of at least 4 members (excludes halogenated alkanes) is 8. The van der Waals surface area contributed by atoms with Crippen molar-refractivity contribution in [2.24, 2.45) is 0 Å². The minimum Gasteiger partial charge on any atom is -0.478 e. The van der Waals surface area contributed by atoms with Crippen LogP contribution in [0, 0.1) is 0 Å². The molecular formula is C34H42O4. The van der Waals surface area contributed by atoms with Gasteiger partial charge >= 0.3 is 11.9 Å². The lowest BCUT2D eigenvalue weighted by atomic mass is 9.95. The second-order valence-electron chi connectivity index (χ2n) is 10.1. The van der Waals surface area contributed by atoms with E-state index in [-0.39, 0.29) is 5.97 Å². The topological polar surface area (TPSA) is 63.6 Å². The van der Waals surface area contributed by atoms with Gasteiger partial charge in [0, 0.05) is 0 Å². The number of hydrogen-bond donors (Lipinski definition) is 1. The second kappa shape index (κ2) is 15.8. The Morgan fingerprint density at radius 2 is 1.24 bits per heavy atom. The Morgan fingerprint density at radius 1 is 0.658 bits per heavy atom. The lowest BCUT2D eigenvalue weighted by Gasteiger charge is -2.11. The van der Waals surface area contributed by atoms with Gasteiger partial charge in [0.25, 0.3) is 0 Å². The molecule has 0 atom stereocenters. The van der Waals surface area contributed by atoms with Crippen LogP contribution in [-0.2, 0) is 12.8 Å². The third-order valence-electron chi connectivity index (χ3n) is 7.04. The lowest BCUT2D eigenvalue weighted by molar-refractivity contribution is 0.0693. The minimum atomic E-state index is -0.885. The first-order valence-electron chi connectivity index (χ1n) is 14.3. The summed E-state index contributed by atoms with van der Waals surface area (Å²) in [7, 11) is 0. The van der Waals surface area contributed by atoms with Crippen LogP contribution < -0.4 is 4.74 Å². The molecule has 0 amide bonds. The first-order chi connectivity index (χ1) is 18.5. The summed E-state index contributed by atoms with van der Waals surface area (Å²) in [5.74, 6) is -0.775. The Balaban J connectivity index is 1.60. The predicted molar refractivity (Wildman–Crippen MR) is 155 cm³/mol. The van der Waals surface area contributed by atoms with Crippen molar-refractivity contribution in [1.29, 1.82) is 0 Å². The number of carboxylic acids is 1. The van der Waals surface area contributed by atoms with E-state index in [0.29, 0.717) is 16.9 Å². The van der Waals surface area contributed by atoms with E-state index >= 15 is 0 Å². The number of esters is 1. The molecule has 202 valence electrons. The number of carboxylic acid groups (broad SMARTS) is 1. The zero-order valence-electron chi connectivity index (χ0n) is 23.0. The van der Waals surface area contributed by atoms with E-state index < -0.39 is 5.97 Å². The van der Waals surface area contributed by atoms with E-state index in [4.69, 9.17) is 4.74 Å². The van der Waals surface area contributed by atoms with Crippen molar-refractivity contribution >= 4 is 11.9 Å². The molecule has 0 spiro atoms. The van der Waals surface area contributed by atoms with Crippen LogP contribution in [0.3, 0.4) is 0 Å². The normalized spacial score (nSPS) is 10.9. The van der Waals surface area contributed by atoms with Crippen LogP contribution >= 0.6 is 0 Å². The zero-order chi connectivity index (χ0) is 27.2. The molecule has 3 aromatic rings. The van der Waals surface area contributed by atoms with Crippen molar-refractivity contribution in [2.75, 3.05) is 0 Å².